The second kappa shape index (κ2) is 5.83. The number of ether oxygens (including phenoxy) is 1. The van der Waals surface area contributed by atoms with Crippen molar-refractivity contribution < 1.29 is 19.4 Å². The van der Waals surface area contributed by atoms with Gasteiger partial charge in [-0.25, -0.2) is 4.79 Å². The number of hydrogen-bond acceptors (Lipinski definition) is 4. The number of morpholine rings is 1. The topological polar surface area (TPSA) is 78.9 Å². The molecule has 2 N–H and O–H groups in total. The fourth-order valence-electron chi connectivity index (χ4n) is 2.99. The fraction of sp³-hybridized carbons (Fsp3) is 0.467. The minimum Gasteiger partial charge on any atom is -0.479 e. The number of benzene rings is 1. The van der Waals surface area contributed by atoms with Crippen molar-refractivity contribution >= 4 is 11.9 Å². The molecule has 1 fully saturated rings. The van der Waals surface area contributed by atoms with Gasteiger partial charge in [-0.3, -0.25) is 4.79 Å². The van der Waals surface area contributed by atoms with Gasteiger partial charge in [0.2, 0.25) is 5.91 Å². The Morgan fingerprint density at radius 1 is 1.33 bits per heavy atom. The molecule has 2 aliphatic rings. The Morgan fingerprint density at radius 2 is 2.14 bits per heavy atom. The minimum atomic E-state index is -0.993. The lowest BCUT2D eigenvalue weighted by Gasteiger charge is -2.37. The largest absolute Gasteiger partial charge is 0.479 e. The SMILES string of the molecule is O=C(O)C1c2ccccc2CCN1C(=O)C1COCCN1. The predicted molar refractivity (Wildman–Crippen MR) is 74.8 cm³/mol. The van der Waals surface area contributed by atoms with E-state index >= 15 is 0 Å². The fourth-order valence-corrected chi connectivity index (χ4v) is 2.99. The van der Waals surface area contributed by atoms with Crippen molar-refractivity contribution in [2.45, 2.75) is 18.5 Å². The lowest BCUT2D eigenvalue weighted by atomic mass is 9.92. The Balaban J connectivity index is 1.88. The molecule has 6 nitrogen and oxygen atoms in total. The Bertz CT molecular complexity index is 554. The van der Waals surface area contributed by atoms with E-state index in [1.54, 1.807) is 6.07 Å². The molecule has 0 bridgehead atoms. The molecular weight excluding hydrogens is 272 g/mol. The molecule has 2 aliphatic heterocycles. The number of carbonyl (C=O) groups excluding carboxylic acids is 1. The molecule has 2 atom stereocenters. The van der Waals surface area contributed by atoms with Crippen LogP contribution in [0.3, 0.4) is 0 Å². The van der Waals surface area contributed by atoms with Gasteiger partial charge in [0, 0.05) is 13.1 Å². The van der Waals surface area contributed by atoms with Crippen molar-refractivity contribution in [2.75, 3.05) is 26.3 Å². The Kier molecular flexibility index (Phi) is 3.90. The van der Waals surface area contributed by atoms with E-state index in [2.05, 4.69) is 5.32 Å². The molecule has 2 heterocycles. The van der Waals surface area contributed by atoms with Crippen LogP contribution in [0.2, 0.25) is 0 Å². The van der Waals surface area contributed by atoms with Crippen LogP contribution in [0.25, 0.3) is 0 Å². The van der Waals surface area contributed by atoms with Gasteiger partial charge in [-0.15, -0.1) is 0 Å². The first kappa shape index (κ1) is 14.0. The molecule has 0 aromatic heterocycles. The van der Waals surface area contributed by atoms with Crippen LogP contribution in [0.1, 0.15) is 17.2 Å². The maximum absolute atomic E-state index is 12.6. The van der Waals surface area contributed by atoms with Gasteiger partial charge in [0.25, 0.3) is 0 Å². The number of hydrogen-bond donors (Lipinski definition) is 2. The lowest BCUT2D eigenvalue weighted by Crippen LogP contribution is -2.55. The maximum atomic E-state index is 12.6. The highest BCUT2D eigenvalue weighted by Gasteiger charge is 2.38. The maximum Gasteiger partial charge on any atom is 0.331 e. The standard InChI is InChI=1S/C15H18N2O4/c18-14(12-9-21-8-6-16-12)17-7-5-10-3-1-2-4-11(10)13(17)15(19)20/h1-4,12-13,16H,5-9H2,(H,19,20). The summed E-state index contributed by atoms with van der Waals surface area (Å²) in [7, 11) is 0. The molecule has 1 aromatic rings. The second-order valence-electron chi connectivity index (χ2n) is 5.30. The summed E-state index contributed by atoms with van der Waals surface area (Å²) >= 11 is 0. The monoisotopic (exact) mass is 290 g/mol. The Hall–Kier alpha value is -1.92. The average Bonchev–Trinajstić information content (AvgIpc) is 2.53. The van der Waals surface area contributed by atoms with Gasteiger partial charge in [0.1, 0.15) is 6.04 Å². The van der Waals surface area contributed by atoms with Gasteiger partial charge in [-0.05, 0) is 17.5 Å². The molecular formula is C15H18N2O4. The summed E-state index contributed by atoms with van der Waals surface area (Å²) in [6.45, 7) is 1.90. The van der Waals surface area contributed by atoms with Crippen LogP contribution in [-0.4, -0.2) is 54.2 Å². The van der Waals surface area contributed by atoms with Crippen LogP contribution < -0.4 is 5.32 Å². The average molecular weight is 290 g/mol. The first-order valence-corrected chi connectivity index (χ1v) is 7.10. The minimum absolute atomic E-state index is 0.198. The Morgan fingerprint density at radius 3 is 2.86 bits per heavy atom. The molecule has 0 radical (unpaired) electrons. The van der Waals surface area contributed by atoms with Crippen molar-refractivity contribution in [3.05, 3.63) is 35.4 Å². The highest BCUT2D eigenvalue weighted by Crippen LogP contribution is 2.30. The molecule has 0 saturated carbocycles. The van der Waals surface area contributed by atoms with Crippen LogP contribution in [0.4, 0.5) is 0 Å². The summed E-state index contributed by atoms with van der Waals surface area (Å²) < 4.78 is 5.30. The normalized spacial score (nSPS) is 25.2. The number of amides is 1. The van der Waals surface area contributed by atoms with E-state index < -0.39 is 18.1 Å². The van der Waals surface area contributed by atoms with Crippen LogP contribution in [0, 0.1) is 0 Å². The van der Waals surface area contributed by atoms with E-state index in [4.69, 9.17) is 4.74 Å². The molecule has 6 heteroatoms. The Labute approximate surface area is 122 Å². The van der Waals surface area contributed by atoms with Gasteiger partial charge in [0.15, 0.2) is 6.04 Å². The van der Waals surface area contributed by atoms with Gasteiger partial charge in [0.05, 0.1) is 13.2 Å². The van der Waals surface area contributed by atoms with Crippen LogP contribution in [0.5, 0.6) is 0 Å². The molecule has 1 amide bonds. The highest BCUT2D eigenvalue weighted by atomic mass is 16.5. The number of nitrogens with one attached hydrogen (secondary N) is 1. The third kappa shape index (κ3) is 2.64. The number of rotatable bonds is 2. The first-order valence-electron chi connectivity index (χ1n) is 7.10. The summed E-state index contributed by atoms with van der Waals surface area (Å²) in [5.74, 6) is -1.19. The number of carbonyl (C=O) groups is 2. The highest BCUT2D eigenvalue weighted by molar-refractivity contribution is 5.88. The smallest absolute Gasteiger partial charge is 0.331 e. The van der Waals surface area contributed by atoms with Gasteiger partial charge < -0.3 is 20.1 Å². The third-order valence-corrected chi connectivity index (χ3v) is 4.02. The quantitative estimate of drug-likeness (QED) is 0.812. The molecule has 21 heavy (non-hydrogen) atoms. The van der Waals surface area contributed by atoms with E-state index in [0.29, 0.717) is 38.3 Å². The number of fused-ring (bicyclic) bond motifs is 1. The van der Waals surface area contributed by atoms with Crippen molar-refractivity contribution in [1.82, 2.24) is 10.2 Å². The summed E-state index contributed by atoms with van der Waals surface area (Å²) in [5, 5.41) is 12.6. The van der Waals surface area contributed by atoms with Gasteiger partial charge in [-0.1, -0.05) is 24.3 Å². The summed E-state index contributed by atoms with van der Waals surface area (Å²) in [6.07, 6.45) is 0.680. The molecule has 0 spiro atoms. The van der Waals surface area contributed by atoms with Crippen molar-refractivity contribution in [3.8, 4) is 0 Å². The van der Waals surface area contributed by atoms with E-state index in [9.17, 15) is 14.7 Å². The van der Waals surface area contributed by atoms with E-state index in [-0.39, 0.29) is 5.91 Å². The summed E-state index contributed by atoms with van der Waals surface area (Å²) in [6, 6.07) is 6.06. The second-order valence-corrected chi connectivity index (χ2v) is 5.30. The van der Waals surface area contributed by atoms with Crippen molar-refractivity contribution in [2.24, 2.45) is 0 Å². The van der Waals surface area contributed by atoms with E-state index in [1.165, 1.54) is 4.90 Å². The first-order chi connectivity index (χ1) is 10.2. The molecule has 0 aliphatic carbocycles. The molecule has 3 rings (SSSR count). The van der Waals surface area contributed by atoms with Crippen molar-refractivity contribution in [1.29, 1.82) is 0 Å². The van der Waals surface area contributed by atoms with E-state index in [0.717, 1.165) is 5.56 Å². The lowest BCUT2D eigenvalue weighted by molar-refractivity contribution is -0.153. The zero-order valence-electron chi connectivity index (χ0n) is 11.6. The number of aliphatic carboxylic acids is 1. The number of nitrogens with zero attached hydrogens (tertiary/aromatic N) is 1. The molecule has 112 valence electrons. The van der Waals surface area contributed by atoms with Crippen molar-refractivity contribution in [3.63, 3.8) is 0 Å². The molecule has 2 unspecified atom stereocenters. The summed E-state index contributed by atoms with van der Waals surface area (Å²) in [5.41, 5.74) is 1.71. The van der Waals surface area contributed by atoms with E-state index in [1.807, 2.05) is 18.2 Å². The summed E-state index contributed by atoms with van der Waals surface area (Å²) in [4.78, 5) is 25.7. The van der Waals surface area contributed by atoms with Crippen LogP contribution >= 0.6 is 0 Å². The van der Waals surface area contributed by atoms with Crippen LogP contribution in [0.15, 0.2) is 24.3 Å². The molecule has 1 aromatic carbocycles. The van der Waals surface area contributed by atoms with Crippen LogP contribution in [-0.2, 0) is 20.7 Å². The molecule has 1 saturated heterocycles. The van der Waals surface area contributed by atoms with Gasteiger partial charge in [-0.2, -0.15) is 0 Å². The zero-order chi connectivity index (χ0) is 14.8. The zero-order valence-corrected chi connectivity index (χ0v) is 11.6. The number of carboxylic acids is 1. The van der Waals surface area contributed by atoms with Gasteiger partial charge >= 0.3 is 5.97 Å². The third-order valence-electron chi connectivity index (χ3n) is 4.02. The predicted octanol–water partition coefficient (Wildman–Crippen LogP) is 0.185. The number of carboxylic acid groups (broad SMARTS) is 1.